The number of nitrogens with zero attached hydrogens (tertiary/aromatic N) is 1. The third-order valence-corrected chi connectivity index (χ3v) is 0.787. The Hall–Kier alpha value is -0.800. The van der Waals surface area contributed by atoms with Gasteiger partial charge in [0.1, 0.15) is 12.4 Å². The Bertz CT molecular complexity index is 136. The lowest BCUT2D eigenvalue weighted by Crippen LogP contribution is -1.84. The lowest BCUT2D eigenvalue weighted by atomic mass is 10.5. The topological polar surface area (TPSA) is 44.7 Å². The van der Waals surface area contributed by atoms with Gasteiger partial charge in [0.25, 0.3) is 0 Å². The van der Waals surface area contributed by atoms with Gasteiger partial charge in [0.15, 0.2) is 0 Å². The second-order valence-electron chi connectivity index (χ2n) is 1.35. The van der Waals surface area contributed by atoms with Gasteiger partial charge in [-0.05, 0) is 12.1 Å². The van der Waals surface area contributed by atoms with Crippen LogP contribution in [0.4, 0.5) is 0 Å². The summed E-state index contributed by atoms with van der Waals surface area (Å²) >= 11 is 0. The van der Waals surface area contributed by atoms with Gasteiger partial charge in [0.05, 0.1) is 6.26 Å². The molecule has 0 N–H and O–H groups in total. The average Bonchev–Trinajstić information content (AvgIpc) is 2.19. The molecule has 0 aliphatic rings. The van der Waals surface area contributed by atoms with E-state index < -0.39 is 0 Å². The molecule has 42 valence electrons. The SMILES string of the molecule is [N]OCc1ccco1. The van der Waals surface area contributed by atoms with Crippen molar-refractivity contribution in [2.24, 2.45) is 0 Å². The van der Waals surface area contributed by atoms with Crippen molar-refractivity contribution in [1.82, 2.24) is 5.90 Å². The third-order valence-electron chi connectivity index (χ3n) is 0.787. The van der Waals surface area contributed by atoms with Crippen molar-refractivity contribution < 1.29 is 9.25 Å². The monoisotopic (exact) mass is 111 g/mol. The molecule has 0 aromatic carbocycles. The number of furan rings is 1. The van der Waals surface area contributed by atoms with E-state index >= 15 is 0 Å². The first kappa shape index (κ1) is 5.34. The molecule has 8 heavy (non-hydrogen) atoms. The van der Waals surface area contributed by atoms with Crippen molar-refractivity contribution in [2.45, 2.75) is 6.61 Å². The van der Waals surface area contributed by atoms with E-state index in [1.807, 2.05) is 0 Å². The van der Waals surface area contributed by atoms with E-state index in [2.05, 4.69) is 4.84 Å². The van der Waals surface area contributed by atoms with E-state index in [9.17, 15) is 0 Å². The van der Waals surface area contributed by atoms with Gasteiger partial charge in [-0.1, -0.05) is 0 Å². The average molecular weight is 111 g/mol. The summed E-state index contributed by atoms with van der Waals surface area (Å²) in [4.78, 5) is 3.79. The number of hydrogen-bond donors (Lipinski definition) is 0. The van der Waals surface area contributed by atoms with Crippen molar-refractivity contribution in [2.75, 3.05) is 0 Å². The minimum atomic E-state index is 0.118. The molecule has 0 aliphatic carbocycles. The van der Waals surface area contributed by atoms with E-state index in [1.54, 1.807) is 12.1 Å². The highest BCUT2D eigenvalue weighted by atomic mass is 16.6. The van der Waals surface area contributed by atoms with Gasteiger partial charge in [0, 0.05) is 5.90 Å². The molecule has 3 nitrogen and oxygen atoms in total. The fourth-order valence-corrected chi connectivity index (χ4v) is 0.458. The third kappa shape index (κ3) is 1.08. The predicted molar refractivity (Wildman–Crippen MR) is 25.6 cm³/mol. The summed E-state index contributed by atoms with van der Waals surface area (Å²) in [6.45, 7) is 0.118. The minimum Gasteiger partial charge on any atom is -0.467 e. The summed E-state index contributed by atoms with van der Waals surface area (Å²) in [7, 11) is 0. The molecule has 1 heterocycles. The summed E-state index contributed by atoms with van der Waals surface area (Å²) in [6, 6.07) is 3.45. The molecule has 0 unspecified atom stereocenters. The van der Waals surface area contributed by atoms with Crippen LogP contribution in [-0.2, 0) is 11.4 Å². The summed E-state index contributed by atoms with van der Waals surface area (Å²) in [5.74, 6) is 8.50. The Balaban J connectivity index is 2.50. The van der Waals surface area contributed by atoms with Crippen molar-refractivity contribution >= 4 is 0 Å². The first-order chi connectivity index (χ1) is 3.93. The van der Waals surface area contributed by atoms with Gasteiger partial charge in [-0.3, -0.25) is 4.84 Å². The fourth-order valence-electron chi connectivity index (χ4n) is 0.458. The Morgan fingerprint density at radius 2 is 2.62 bits per heavy atom. The van der Waals surface area contributed by atoms with Gasteiger partial charge in [-0.15, -0.1) is 0 Å². The molecule has 0 saturated carbocycles. The summed E-state index contributed by atoms with van der Waals surface area (Å²) in [5.41, 5.74) is 0. The zero-order valence-electron chi connectivity index (χ0n) is 4.20. The quantitative estimate of drug-likeness (QED) is 0.529. The predicted octanol–water partition coefficient (Wildman–Crippen LogP) is 0.780. The van der Waals surface area contributed by atoms with E-state index in [0.717, 1.165) is 0 Å². The van der Waals surface area contributed by atoms with Crippen LogP contribution in [0.15, 0.2) is 22.8 Å². The van der Waals surface area contributed by atoms with Crippen LogP contribution in [0.1, 0.15) is 5.76 Å². The molecule has 0 fully saturated rings. The molecule has 0 atom stereocenters. The number of hydrogen-bond acceptors (Lipinski definition) is 2. The standard InChI is InChI=1S/C5H5NO2/c6-8-4-5-2-1-3-7-5/h1-3H,4H2. The molecule has 1 aromatic rings. The second-order valence-corrected chi connectivity index (χ2v) is 1.35. The Morgan fingerprint density at radius 3 is 3.12 bits per heavy atom. The summed E-state index contributed by atoms with van der Waals surface area (Å²) in [6.07, 6.45) is 1.52. The first-order valence-corrected chi connectivity index (χ1v) is 2.22. The van der Waals surface area contributed by atoms with E-state index in [-0.39, 0.29) is 6.61 Å². The van der Waals surface area contributed by atoms with Gasteiger partial charge in [0.2, 0.25) is 0 Å². The van der Waals surface area contributed by atoms with Crippen LogP contribution < -0.4 is 5.90 Å². The highest BCUT2D eigenvalue weighted by Gasteiger charge is 1.90. The maximum atomic E-state index is 7.88. The van der Waals surface area contributed by atoms with Crippen LogP contribution in [-0.4, -0.2) is 0 Å². The van der Waals surface area contributed by atoms with Crippen molar-refractivity contribution in [3.8, 4) is 0 Å². The Morgan fingerprint density at radius 1 is 1.75 bits per heavy atom. The molecule has 0 bridgehead atoms. The molecular weight excluding hydrogens is 106 g/mol. The molecule has 1 aromatic heterocycles. The number of rotatable bonds is 2. The Kier molecular flexibility index (Phi) is 1.66. The summed E-state index contributed by atoms with van der Waals surface area (Å²) in [5, 5.41) is 0. The van der Waals surface area contributed by atoms with E-state index in [0.29, 0.717) is 5.76 Å². The van der Waals surface area contributed by atoms with Crippen LogP contribution in [0.2, 0.25) is 0 Å². The van der Waals surface area contributed by atoms with Crippen molar-refractivity contribution in [3.63, 3.8) is 0 Å². The normalized spacial score (nSPS) is 9.62. The van der Waals surface area contributed by atoms with Crippen molar-refractivity contribution in [1.29, 1.82) is 0 Å². The molecule has 1 rings (SSSR count). The highest BCUT2D eigenvalue weighted by molar-refractivity contribution is 4.95. The Labute approximate surface area is 47.0 Å². The smallest absolute Gasteiger partial charge is 0.131 e. The lowest BCUT2D eigenvalue weighted by molar-refractivity contribution is 0.0902. The van der Waals surface area contributed by atoms with E-state index in [4.69, 9.17) is 10.3 Å². The maximum Gasteiger partial charge on any atom is 0.131 e. The van der Waals surface area contributed by atoms with E-state index in [1.165, 1.54) is 6.26 Å². The van der Waals surface area contributed by atoms with Crippen molar-refractivity contribution in [3.05, 3.63) is 24.2 Å². The molecule has 2 radical (unpaired) electrons. The van der Waals surface area contributed by atoms with Crippen LogP contribution >= 0.6 is 0 Å². The second kappa shape index (κ2) is 2.49. The zero-order chi connectivity index (χ0) is 5.82. The van der Waals surface area contributed by atoms with Crippen LogP contribution in [0.3, 0.4) is 0 Å². The first-order valence-electron chi connectivity index (χ1n) is 2.22. The van der Waals surface area contributed by atoms with Gasteiger partial charge >= 0.3 is 0 Å². The molecule has 0 aliphatic heterocycles. The maximum absolute atomic E-state index is 7.88. The summed E-state index contributed by atoms with van der Waals surface area (Å²) < 4.78 is 4.79. The zero-order valence-corrected chi connectivity index (χ0v) is 4.20. The molecular formula is C5H5NO2. The molecule has 0 saturated heterocycles. The minimum absolute atomic E-state index is 0.118. The van der Waals surface area contributed by atoms with Gasteiger partial charge in [-0.25, -0.2) is 0 Å². The fraction of sp³-hybridized carbons (Fsp3) is 0.200. The highest BCUT2D eigenvalue weighted by Crippen LogP contribution is 1.99. The van der Waals surface area contributed by atoms with Crippen LogP contribution in [0.25, 0.3) is 0 Å². The molecule has 3 heteroatoms. The van der Waals surface area contributed by atoms with Gasteiger partial charge < -0.3 is 4.42 Å². The van der Waals surface area contributed by atoms with Crippen LogP contribution in [0, 0.1) is 0 Å². The largest absolute Gasteiger partial charge is 0.467 e. The lowest BCUT2D eigenvalue weighted by Gasteiger charge is -1.85. The van der Waals surface area contributed by atoms with Gasteiger partial charge in [-0.2, -0.15) is 0 Å². The molecule has 0 amide bonds. The molecule has 0 spiro atoms. The van der Waals surface area contributed by atoms with Crippen LogP contribution in [0.5, 0.6) is 0 Å².